The maximum absolute atomic E-state index is 11.9. The maximum atomic E-state index is 11.9. The third-order valence-electron chi connectivity index (χ3n) is 3.95. The molecule has 1 aliphatic carbocycles. The minimum Gasteiger partial charge on any atom is -0.480 e. The summed E-state index contributed by atoms with van der Waals surface area (Å²) in [5, 5.41) is 14.6. The van der Waals surface area contributed by atoms with Crippen molar-refractivity contribution in [1.82, 2.24) is 10.6 Å². The van der Waals surface area contributed by atoms with Gasteiger partial charge in [-0.25, -0.2) is 4.79 Å². The largest absolute Gasteiger partial charge is 0.480 e. The van der Waals surface area contributed by atoms with Crippen LogP contribution in [0.4, 0.5) is 0 Å². The Balaban J connectivity index is 1.62. The first-order chi connectivity index (χ1) is 9.16. The molecule has 6 heteroatoms. The number of carbonyl (C=O) groups excluding carboxylic acids is 1. The summed E-state index contributed by atoms with van der Waals surface area (Å²) in [6.07, 6.45) is 5.86. The van der Waals surface area contributed by atoms with Gasteiger partial charge in [0.25, 0.3) is 0 Å². The Morgan fingerprint density at radius 2 is 2.11 bits per heavy atom. The number of ether oxygens (including phenoxy) is 1. The van der Waals surface area contributed by atoms with E-state index < -0.39 is 5.97 Å². The number of hydrogen-bond acceptors (Lipinski definition) is 4. The van der Waals surface area contributed by atoms with Gasteiger partial charge < -0.3 is 20.5 Å². The normalized spacial score (nSPS) is 29.8. The van der Waals surface area contributed by atoms with Crippen LogP contribution in [0.15, 0.2) is 0 Å². The maximum Gasteiger partial charge on any atom is 0.329 e. The van der Waals surface area contributed by atoms with Crippen molar-refractivity contribution in [2.75, 3.05) is 19.8 Å². The zero-order valence-corrected chi connectivity index (χ0v) is 11.1. The number of nitrogens with one attached hydrogen (secondary N) is 2. The Hall–Kier alpha value is -1.14. The first-order valence-electron chi connectivity index (χ1n) is 7.00. The van der Waals surface area contributed by atoms with Gasteiger partial charge in [-0.15, -0.1) is 0 Å². The molecule has 0 aromatic rings. The molecule has 0 bridgehead atoms. The zero-order valence-electron chi connectivity index (χ0n) is 11.1. The van der Waals surface area contributed by atoms with E-state index in [-0.39, 0.29) is 25.2 Å². The van der Waals surface area contributed by atoms with Crippen LogP contribution in [0.2, 0.25) is 0 Å². The van der Waals surface area contributed by atoms with Gasteiger partial charge in [-0.1, -0.05) is 12.8 Å². The van der Waals surface area contributed by atoms with Crippen molar-refractivity contribution in [2.45, 2.75) is 44.2 Å². The van der Waals surface area contributed by atoms with Crippen LogP contribution in [0.3, 0.4) is 0 Å². The van der Waals surface area contributed by atoms with Gasteiger partial charge in [0, 0.05) is 12.6 Å². The van der Waals surface area contributed by atoms with E-state index in [0.29, 0.717) is 18.5 Å². The molecule has 0 radical (unpaired) electrons. The van der Waals surface area contributed by atoms with Gasteiger partial charge in [0.15, 0.2) is 0 Å². The van der Waals surface area contributed by atoms with Crippen molar-refractivity contribution in [3.8, 4) is 0 Å². The van der Waals surface area contributed by atoms with Crippen LogP contribution in [-0.2, 0) is 14.3 Å². The minimum absolute atomic E-state index is 0.00771. The second-order valence-electron chi connectivity index (χ2n) is 5.34. The molecule has 2 aliphatic rings. The van der Waals surface area contributed by atoms with Crippen molar-refractivity contribution in [3.63, 3.8) is 0 Å². The molecule has 1 aliphatic heterocycles. The second kappa shape index (κ2) is 6.86. The molecule has 0 aromatic heterocycles. The molecule has 0 aromatic carbocycles. The molecule has 19 heavy (non-hydrogen) atoms. The van der Waals surface area contributed by atoms with Gasteiger partial charge in [-0.2, -0.15) is 0 Å². The summed E-state index contributed by atoms with van der Waals surface area (Å²) in [5.74, 6) is -0.339. The standard InChI is InChI=1S/C13H22N2O4/c16-12(17)8-19-6-5-14-13(18)11-7-9-3-1-2-4-10(9)15-11/h9-11,15H,1-8H2,(H,14,18)(H,16,17). The van der Waals surface area contributed by atoms with Crippen LogP contribution in [0.5, 0.6) is 0 Å². The number of hydrogen-bond donors (Lipinski definition) is 3. The number of carboxylic acid groups (broad SMARTS) is 1. The highest BCUT2D eigenvalue weighted by Crippen LogP contribution is 2.33. The Morgan fingerprint density at radius 1 is 1.32 bits per heavy atom. The van der Waals surface area contributed by atoms with E-state index in [1.54, 1.807) is 0 Å². The molecule has 1 saturated carbocycles. The van der Waals surface area contributed by atoms with E-state index in [1.165, 1.54) is 25.7 Å². The zero-order chi connectivity index (χ0) is 13.7. The number of carboxylic acids is 1. The predicted molar refractivity (Wildman–Crippen MR) is 68.8 cm³/mol. The highest BCUT2D eigenvalue weighted by atomic mass is 16.5. The van der Waals surface area contributed by atoms with E-state index in [9.17, 15) is 9.59 Å². The number of carbonyl (C=O) groups is 2. The molecule has 1 amide bonds. The summed E-state index contributed by atoms with van der Waals surface area (Å²) < 4.78 is 4.87. The van der Waals surface area contributed by atoms with Crippen molar-refractivity contribution < 1.29 is 19.4 Å². The van der Waals surface area contributed by atoms with Gasteiger partial charge in [-0.05, 0) is 25.2 Å². The average Bonchev–Trinajstić information content (AvgIpc) is 2.81. The first-order valence-corrected chi connectivity index (χ1v) is 7.00. The summed E-state index contributed by atoms with van der Waals surface area (Å²) >= 11 is 0. The van der Waals surface area contributed by atoms with Gasteiger partial charge in [-0.3, -0.25) is 4.79 Å². The second-order valence-corrected chi connectivity index (χ2v) is 5.34. The van der Waals surface area contributed by atoms with Crippen LogP contribution in [0.25, 0.3) is 0 Å². The molecular formula is C13H22N2O4. The highest BCUT2D eigenvalue weighted by molar-refractivity contribution is 5.82. The monoisotopic (exact) mass is 270 g/mol. The number of amides is 1. The van der Waals surface area contributed by atoms with Crippen molar-refractivity contribution in [1.29, 1.82) is 0 Å². The smallest absolute Gasteiger partial charge is 0.329 e. The SMILES string of the molecule is O=C(O)COCCNC(=O)C1CC2CCCCC2N1. The quantitative estimate of drug-likeness (QED) is 0.597. The van der Waals surface area contributed by atoms with E-state index in [4.69, 9.17) is 9.84 Å². The average molecular weight is 270 g/mol. The van der Waals surface area contributed by atoms with E-state index >= 15 is 0 Å². The number of aliphatic carboxylic acids is 1. The van der Waals surface area contributed by atoms with Crippen LogP contribution >= 0.6 is 0 Å². The van der Waals surface area contributed by atoms with Crippen molar-refractivity contribution in [2.24, 2.45) is 5.92 Å². The van der Waals surface area contributed by atoms with E-state index in [1.807, 2.05) is 0 Å². The molecule has 2 rings (SSSR count). The molecule has 3 atom stereocenters. The fourth-order valence-corrected chi connectivity index (χ4v) is 3.05. The fourth-order valence-electron chi connectivity index (χ4n) is 3.05. The molecule has 2 fully saturated rings. The Kier molecular flexibility index (Phi) is 5.15. The Labute approximate surface area is 112 Å². The Bertz CT molecular complexity index is 321. The summed E-state index contributed by atoms with van der Waals surface area (Å²) in [4.78, 5) is 22.2. The summed E-state index contributed by atoms with van der Waals surface area (Å²) in [6, 6.07) is 0.417. The lowest BCUT2D eigenvalue weighted by atomic mass is 9.85. The Morgan fingerprint density at radius 3 is 2.84 bits per heavy atom. The fraction of sp³-hybridized carbons (Fsp3) is 0.846. The van der Waals surface area contributed by atoms with Crippen LogP contribution < -0.4 is 10.6 Å². The van der Waals surface area contributed by atoms with Crippen molar-refractivity contribution >= 4 is 11.9 Å². The molecule has 1 heterocycles. The highest BCUT2D eigenvalue weighted by Gasteiger charge is 2.37. The lowest BCUT2D eigenvalue weighted by Crippen LogP contribution is -2.44. The topological polar surface area (TPSA) is 87.7 Å². The van der Waals surface area contributed by atoms with Gasteiger partial charge in [0.1, 0.15) is 6.61 Å². The van der Waals surface area contributed by atoms with Crippen LogP contribution in [-0.4, -0.2) is 48.8 Å². The lowest BCUT2D eigenvalue weighted by molar-refractivity contribution is -0.142. The molecule has 6 nitrogen and oxygen atoms in total. The molecular weight excluding hydrogens is 248 g/mol. The third kappa shape index (κ3) is 4.18. The summed E-state index contributed by atoms with van der Waals surface area (Å²) in [5.41, 5.74) is 0. The lowest BCUT2D eigenvalue weighted by Gasteiger charge is -2.24. The third-order valence-corrected chi connectivity index (χ3v) is 3.95. The summed E-state index contributed by atoms with van der Waals surface area (Å²) in [6.45, 7) is 0.277. The van der Waals surface area contributed by atoms with E-state index in [0.717, 1.165) is 6.42 Å². The van der Waals surface area contributed by atoms with Crippen molar-refractivity contribution in [3.05, 3.63) is 0 Å². The minimum atomic E-state index is -0.993. The number of fused-ring (bicyclic) bond motifs is 1. The number of rotatable bonds is 6. The molecule has 3 unspecified atom stereocenters. The van der Waals surface area contributed by atoms with E-state index in [2.05, 4.69) is 10.6 Å². The first kappa shape index (κ1) is 14.3. The molecule has 3 N–H and O–H groups in total. The molecule has 1 saturated heterocycles. The van der Waals surface area contributed by atoms with Gasteiger partial charge in [0.05, 0.1) is 12.6 Å². The molecule has 108 valence electrons. The predicted octanol–water partition coefficient (Wildman–Crippen LogP) is 0.125. The van der Waals surface area contributed by atoms with Gasteiger partial charge >= 0.3 is 5.97 Å². The van der Waals surface area contributed by atoms with Gasteiger partial charge in [0.2, 0.25) is 5.91 Å². The van der Waals surface area contributed by atoms with Crippen LogP contribution in [0, 0.1) is 5.92 Å². The molecule has 0 spiro atoms. The summed E-state index contributed by atoms with van der Waals surface area (Å²) in [7, 11) is 0. The van der Waals surface area contributed by atoms with Crippen LogP contribution in [0.1, 0.15) is 32.1 Å².